The predicted octanol–water partition coefficient (Wildman–Crippen LogP) is 6.12. The normalized spacial score (nSPS) is 12.9. The lowest BCUT2D eigenvalue weighted by Gasteiger charge is -2.29. The zero-order valence-electron chi connectivity index (χ0n) is 17.5. The molecule has 2 unspecified atom stereocenters. The average molecular weight is 579 g/mol. The molecule has 0 bridgehead atoms. The molecule has 3 aromatic carbocycles. The third-order valence-corrected chi connectivity index (χ3v) is 6.79. The van der Waals surface area contributed by atoms with E-state index in [2.05, 4.69) is 31.2 Å². The Hall–Kier alpha value is -2.56. The van der Waals surface area contributed by atoms with E-state index in [0.29, 0.717) is 31.1 Å². The largest absolute Gasteiger partial charge is 0.755 e. The summed E-state index contributed by atoms with van der Waals surface area (Å²) in [4.78, 5) is 21.8. The average Bonchev–Trinajstić information content (AvgIpc) is 2.79. The second-order valence-corrected chi connectivity index (χ2v) is 9.79. The number of para-hydroxylation sites is 1. The molecule has 0 fully saturated rings. The van der Waals surface area contributed by atoms with Gasteiger partial charge in [-0.25, -0.2) is 0 Å². The lowest BCUT2D eigenvalue weighted by Crippen LogP contribution is -2.30. The summed E-state index contributed by atoms with van der Waals surface area (Å²) in [5.41, 5.74) is 2.12. The minimum atomic E-state index is -2.77. The maximum atomic E-state index is 13.3. The third-order valence-electron chi connectivity index (χ3n) is 5.05. The van der Waals surface area contributed by atoms with Crippen LogP contribution in [0.2, 0.25) is 10.0 Å². The van der Waals surface area contributed by atoms with Crippen LogP contribution in [-0.2, 0) is 11.3 Å². The van der Waals surface area contributed by atoms with Gasteiger partial charge in [0.15, 0.2) is 0 Å². The number of rotatable bonds is 6. The first-order valence-corrected chi connectivity index (χ1v) is 12.5. The van der Waals surface area contributed by atoms with Crippen LogP contribution in [0.5, 0.6) is 0 Å². The highest BCUT2D eigenvalue weighted by Gasteiger charge is 2.23. The molecule has 0 aliphatic rings. The summed E-state index contributed by atoms with van der Waals surface area (Å²) in [5, 5.41) is 3.77. The molecule has 174 valence electrons. The third kappa shape index (κ3) is 5.08. The van der Waals surface area contributed by atoms with E-state index in [1.807, 2.05) is 0 Å². The highest BCUT2D eigenvalue weighted by Crippen LogP contribution is 2.36. The van der Waals surface area contributed by atoms with Gasteiger partial charge in [0.1, 0.15) is 5.52 Å². The number of halogens is 3. The number of nitrogens with one attached hydrogen (secondary N) is 1. The van der Waals surface area contributed by atoms with Crippen molar-refractivity contribution >= 4 is 78.7 Å². The van der Waals surface area contributed by atoms with Crippen LogP contribution < -0.4 is 9.62 Å². The molecule has 1 amide bonds. The van der Waals surface area contributed by atoms with E-state index in [9.17, 15) is 13.6 Å². The Morgan fingerprint density at radius 2 is 1.85 bits per heavy atom. The molecule has 11 heteroatoms. The maximum Gasteiger partial charge on any atom is 0.253 e. The van der Waals surface area contributed by atoms with Crippen LogP contribution in [0.3, 0.4) is 0 Å². The molecule has 1 N–H and O–H groups in total. The first kappa shape index (κ1) is 24.6. The van der Waals surface area contributed by atoms with Gasteiger partial charge in [0, 0.05) is 26.9 Å². The molecule has 4 rings (SSSR count). The Morgan fingerprint density at radius 1 is 1.09 bits per heavy atom. The van der Waals surface area contributed by atoms with Gasteiger partial charge in [0.2, 0.25) is 0 Å². The van der Waals surface area contributed by atoms with Gasteiger partial charge in [-0.15, -0.1) is 0 Å². The van der Waals surface area contributed by atoms with Crippen molar-refractivity contribution < 1.29 is 13.6 Å². The maximum absolute atomic E-state index is 13.3. The molecule has 2 atom stereocenters. The summed E-state index contributed by atoms with van der Waals surface area (Å²) in [6.45, 7) is 1.77. The Kier molecular flexibility index (Phi) is 7.49. The van der Waals surface area contributed by atoms with E-state index < -0.39 is 23.2 Å². The lowest BCUT2D eigenvalue weighted by atomic mass is 10.1. The Morgan fingerprint density at radius 3 is 2.59 bits per heavy atom. The van der Waals surface area contributed by atoms with Crippen LogP contribution in [-0.4, -0.2) is 24.6 Å². The molecule has 0 saturated carbocycles. The smallest absolute Gasteiger partial charge is 0.253 e. The fourth-order valence-electron chi connectivity index (χ4n) is 3.50. The number of nitrogens with zero attached hydrogens (tertiary/aromatic N) is 3. The quantitative estimate of drug-likeness (QED) is 0.278. The molecule has 7 nitrogen and oxygen atoms in total. The van der Waals surface area contributed by atoms with Crippen LogP contribution >= 0.6 is 39.1 Å². The summed E-state index contributed by atoms with van der Waals surface area (Å²) >= 11 is 12.9. The van der Waals surface area contributed by atoms with E-state index in [-0.39, 0.29) is 16.9 Å². The molecule has 34 heavy (non-hydrogen) atoms. The van der Waals surface area contributed by atoms with Crippen molar-refractivity contribution in [3.8, 4) is 0 Å². The van der Waals surface area contributed by atoms with E-state index >= 15 is 0 Å². The molecular formula is C23H16BrCl2N4O3S-. The number of aromatic nitrogens is 2. The van der Waals surface area contributed by atoms with Gasteiger partial charge in [-0.05, 0) is 55.0 Å². The number of anilines is 2. The topological polar surface area (TPSA) is 98.2 Å². The van der Waals surface area contributed by atoms with Gasteiger partial charge in [-0.2, -0.15) is 0 Å². The number of carbonyl (C=O) groups excluding carboxylic acids is 1. The summed E-state index contributed by atoms with van der Waals surface area (Å²) in [5.74, 6) is -0.484. The summed E-state index contributed by atoms with van der Waals surface area (Å²) < 4.78 is 26.5. The monoisotopic (exact) mass is 577 g/mol. The zero-order chi connectivity index (χ0) is 24.4. The molecule has 0 radical (unpaired) electrons. The van der Waals surface area contributed by atoms with Crippen molar-refractivity contribution in [1.82, 2.24) is 15.3 Å². The minimum Gasteiger partial charge on any atom is -0.755 e. The first-order valence-electron chi connectivity index (χ1n) is 9.91. The van der Waals surface area contributed by atoms with Crippen LogP contribution in [0.25, 0.3) is 11.0 Å². The fraction of sp³-hybridized carbons (Fsp3) is 0.0870. The molecule has 0 aliphatic carbocycles. The van der Waals surface area contributed by atoms with Crippen molar-refractivity contribution in [2.45, 2.75) is 13.0 Å². The van der Waals surface area contributed by atoms with Gasteiger partial charge in [0.25, 0.3) is 5.91 Å². The molecule has 0 spiro atoms. The second kappa shape index (κ2) is 10.4. The fourth-order valence-corrected chi connectivity index (χ4v) is 5.04. The highest BCUT2D eigenvalue weighted by atomic mass is 79.9. The van der Waals surface area contributed by atoms with Crippen molar-refractivity contribution in [3.63, 3.8) is 0 Å². The van der Waals surface area contributed by atoms with Crippen molar-refractivity contribution in [2.24, 2.45) is 0 Å². The molecule has 4 aromatic rings. The highest BCUT2D eigenvalue weighted by molar-refractivity contribution is 9.10. The van der Waals surface area contributed by atoms with E-state index in [1.165, 1.54) is 12.4 Å². The van der Waals surface area contributed by atoms with Crippen LogP contribution in [0.1, 0.15) is 28.9 Å². The van der Waals surface area contributed by atoms with Crippen LogP contribution in [0.4, 0.5) is 11.4 Å². The van der Waals surface area contributed by atoms with Crippen molar-refractivity contribution in [3.05, 3.63) is 92.6 Å². The number of hydrogen-bond acceptors (Lipinski definition) is 5. The molecule has 1 heterocycles. The van der Waals surface area contributed by atoms with Crippen LogP contribution in [0.15, 0.2) is 71.5 Å². The SMILES string of the molecule is CC(NC(=O)c1ccc(Br)cc1N(c1cccc2nccnc12)S(=O)[O-])c1ccc(Cl)cc1Cl. The Labute approximate surface area is 216 Å². The number of fused-ring (bicyclic) bond motifs is 1. The van der Waals surface area contributed by atoms with E-state index in [0.717, 1.165) is 4.31 Å². The summed E-state index contributed by atoms with van der Waals surface area (Å²) in [6, 6.07) is 14.3. The Balaban J connectivity index is 1.77. The molecular weight excluding hydrogens is 563 g/mol. The second-order valence-electron chi connectivity index (χ2n) is 7.24. The van der Waals surface area contributed by atoms with Gasteiger partial charge < -0.3 is 9.87 Å². The minimum absolute atomic E-state index is 0.144. The lowest BCUT2D eigenvalue weighted by molar-refractivity contribution is 0.0940. The number of benzene rings is 3. The van der Waals surface area contributed by atoms with Gasteiger partial charge in [-0.3, -0.25) is 23.3 Å². The van der Waals surface area contributed by atoms with E-state index in [1.54, 1.807) is 61.5 Å². The van der Waals surface area contributed by atoms with Crippen LogP contribution in [0, 0.1) is 0 Å². The zero-order valence-corrected chi connectivity index (χ0v) is 21.5. The summed E-state index contributed by atoms with van der Waals surface area (Å²) in [7, 11) is 0. The van der Waals surface area contributed by atoms with Crippen molar-refractivity contribution in [1.29, 1.82) is 0 Å². The number of carbonyl (C=O) groups is 1. The summed E-state index contributed by atoms with van der Waals surface area (Å²) in [6.07, 6.45) is 3.00. The molecule has 1 aromatic heterocycles. The molecule has 0 saturated heterocycles. The number of hydrogen-bond donors (Lipinski definition) is 1. The van der Waals surface area contributed by atoms with Gasteiger partial charge in [-0.1, -0.05) is 51.3 Å². The van der Waals surface area contributed by atoms with Gasteiger partial charge >= 0.3 is 0 Å². The number of amides is 1. The Bertz CT molecular complexity index is 1420. The first-order chi connectivity index (χ1) is 16.3. The van der Waals surface area contributed by atoms with Gasteiger partial charge in [0.05, 0.1) is 39.8 Å². The van der Waals surface area contributed by atoms with Crippen molar-refractivity contribution in [2.75, 3.05) is 4.31 Å². The predicted molar refractivity (Wildman–Crippen MR) is 137 cm³/mol. The molecule has 0 aliphatic heterocycles. The van der Waals surface area contributed by atoms with E-state index in [4.69, 9.17) is 23.2 Å². The standard InChI is InChI=1S/C23H17BrCl2N4O3S/c1-13(16-8-6-15(25)12-18(16)26)29-23(31)17-7-5-14(24)11-21(17)30(34(32)33)20-4-2-3-19-22(20)28-10-9-27-19/h2-13H,1H3,(H,29,31)(H,32,33)/p-1.